The molecule has 0 saturated carbocycles. The largest absolute Gasteiger partial charge is 0.350 e. The third kappa shape index (κ3) is 3.93. The number of amidine groups is 1. The lowest BCUT2D eigenvalue weighted by atomic mass is 9.96. The quantitative estimate of drug-likeness (QED) is 0.615. The summed E-state index contributed by atoms with van der Waals surface area (Å²) in [6, 6.07) is 18.5. The molecule has 0 aromatic heterocycles. The summed E-state index contributed by atoms with van der Waals surface area (Å²) in [5.41, 5.74) is 0.836. The maximum Gasteiger partial charge on any atom is 0.284 e. The van der Waals surface area contributed by atoms with Gasteiger partial charge in [-0.1, -0.05) is 48.5 Å². The average molecular weight is 356 g/mol. The van der Waals surface area contributed by atoms with Crippen LogP contribution in [0.5, 0.6) is 0 Å². The summed E-state index contributed by atoms with van der Waals surface area (Å²) in [4.78, 5) is 2.39. The fourth-order valence-corrected chi connectivity index (χ4v) is 4.47. The molecular weight excluding hydrogens is 332 g/mol. The van der Waals surface area contributed by atoms with E-state index in [1.54, 1.807) is 30.3 Å². The topological polar surface area (TPSA) is 49.7 Å². The first-order valence-corrected chi connectivity index (χ1v) is 10.2. The highest BCUT2D eigenvalue weighted by atomic mass is 32.2. The van der Waals surface area contributed by atoms with Gasteiger partial charge in [0.2, 0.25) is 0 Å². The summed E-state index contributed by atoms with van der Waals surface area (Å²) < 4.78 is 30.0. The van der Waals surface area contributed by atoms with Crippen LogP contribution in [0, 0.1) is 0 Å². The van der Waals surface area contributed by atoms with E-state index in [1.165, 1.54) is 0 Å². The zero-order valence-corrected chi connectivity index (χ0v) is 15.5. The molecule has 2 atom stereocenters. The first-order valence-electron chi connectivity index (χ1n) is 8.73. The molecule has 4 nitrogen and oxygen atoms in total. The average Bonchev–Trinajstić information content (AvgIpc) is 2.62. The van der Waals surface area contributed by atoms with Crippen molar-refractivity contribution >= 4 is 15.9 Å². The molecule has 1 aliphatic heterocycles. The maximum atomic E-state index is 12.9. The van der Waals surface area contributed by atoms with Crippen molar-refractivity contribution in [3.63, 3.8) is 0 Å². The maximum absolute atomic E-state index is 12.9. The lowest BCUT2D eigenvalue weighted by Crippen LogP contribution is -2.48. The van der Waals surface area contributed by atoms with Crippen molar-refractivity contribution in [1.29, 1.82) is 0 Å². The highest BCUT2D eigenvalue weighted by Crippen LogP contribution is 2.26. The first kappa shape index (κ1) is 17.7. The predicted octanol–water partition coefficient (Wildman–Crippen LogP) is 4.09. The Morgan fingerprint density at radius 3 is 2.00 bits per heavy atom. The van der Waals surface area contributed by atoms with Crippen LogP contribution in [0.1, 0.15) is 38.7 Å². The van der Waals surface area contributed by atoms with Crippen LogP contribution < -0.4 is 0 Å². The van der Waals surface area contributed by atoms with E-state index in [2.05, 4.69) is 23.1 Å². The minimum absolute atomic E-state index is 0.223. The zero-order valence-electron chi connectivity index (χ0n) is 14.7. The Hall–Kier alpha value is -2.14. The molecule has 0 amide bonds. The normalized spacial score (nSPS) is 22.0. The Labute approximate surface area is 150 Å². The van der Waals surface area contributed by atoms with Gasteiger partial charge in [-0.3, -0.25) is 0 Å². The highest BCUT2D eigenvalue weighted by molar-refractivity contribution is 7.90. The van der Waals surface area contributed by atoms with Gasteiger partial charge in [-0.15, -0.1) is 4.40 Å². The van der Waals surface area contributed by atoms with Gasteiger partial charge in [0.25, 0.3) is 10.0 Å². The summed E-state index contributed by atoms with van der Waals surface area (Å²) >= 11 is 0. The van der Waals surface area contributed by atoms with Gasteiger partial charge in [-0.05, 0) is 45.2 Å². The second-order valence-electron chi connectivity index (χ2n) is 6.61. The van der Waals surface area contributed by atoms with Crippen LogP contribution in [0.2, 0.25) is 0 Å². The van der Waals surface area contributed by atoms with Crippen LogP contribution in [0.4, 0.5) is 0 Å². The third-order valence-corrected chi connectivity index (χ3v) is 6.00. The van der Waals surface area contributed by atoms with Crippen molar-refractivity contribution < 1.29 is 8.42 Å². The van der Waals surface area contributed by atoms with Crippen molar-refractivity contribution in [3.8, 4) is 0 Å². The molecule has 1 fully saturated rings. The molecule has 1 heterocycles. The summed E-state index contributed by atoms with van der Waals surface area (Å²) in [7, 11) is -3.76. The number of piperidine rings is 1. The number of benzene rings is 2. The summed E-state index contributed by atoms with van der Waals surface area (Å²) in [6.45, 7) is 4.28. The van der Waals surface area contributed by atoms with Crippen molar-refractivity contribution in [1.82, 2.24) is 4.90 Å². The molecule has 25 heavy (non-hydrogen) atoms. The van der Waals surface area contributed by atoms with E-state index in [9.17, 15) is 8.42 Å². The van der Waals surface area contributed by atoms with Crippen molar-refractivity contribution in [2.45, 2.75) is 50.1 Å². The summed E-state index contributed by atoms with van der Waals surface area (Å²) in [5.74, 6) is 0.546. The SMILES string of the molecule is C[C@H]1CCC[C@H](C)N1C(=NS(=O)(=O)c1ccccc1)c1ccccc1. The van der Waals surface area contributed by atoms with Gasteiger partial charge in [0.1, 0.15) is 5.84 Å². The van der Waals surface area contributed by atoms with Gasteiger partial charge >= 0.3 is 0 Å². The fraction of sp³-hybridized carbons (Fsp3) is 0.350. The van der Waals surface area contributed by atoms with E-state index in [0.29, 0.717) is 5.84 Å². The summed E-state index contributed by atoms with van der Waals surface area (Å²) in [6.07, 6.45) is 3.25. The minimum atomic E-state index is -3.76. The number of rotatable bonds is 3. The molecule has 2 aromatic carbocycles. The van der Waals surface area contributed by atoms with E-state index < -0.39 is 10.0 Å². The Kier molecular flexibility index (Phi) is 5.23. The molecule has 0 aliphatic carbocycles. The van der Waals surface area contributed by atoms with E-state index in [1.807, 2.05) is 30.3 Å². The van der Waals surface area contributed by atoms with Gasteiger partial charge in [-0.25, -0.2) is 0 Å². The lowest BCUT2D eigenvalue weighted by molar-refractivity contribution is 0.192. The molecule has 0 radical (unpaired) electrons. The van der Waals surface area contributed by atoms with Crippen molar-refractivity contribution in [2.75, 3.05) is 0 Å². The van der Waals surface area contributed by atoms with Crippen LogP contribution in [0.15, 0.2) is 70.0 Å². The smallest absolute Gasteiger partial charge is 0.284 e. The molecule has 1 saturated heterocycles. The van der Waals surface area contributed by atoms with Crippen LogP contribution in [-0.2, 0) is 10.0 Å². The number of hydrogen-bond donors (Lipinski definition) is 0. The van der Waals surface area contributed by atoms with Crippen LogP contribution in [-0.4, -0.2) is 31.2 Å². The molecule has 0 N–H and O–H groups in total. The molecular formula is C20H24N2O2S. The molecule has 2 aromatic rings. The number of sulfonamides is 1. The van der Waals surface area contributed by atoms with Gasteiger partial charge in [0.05, 0.1) is 4.90 Å². The Morgan fingerprint density at radius 1 is 0.920 bits per heavy atom. The monoisotopic (exact) mass is 356 g/mol. The van der Waals surface area contributed by atoms with E-state index in [-0.39, 0.29) is 17.0 Å². The zero-order chi connectivity index (χ0) is 17.9. The molecule has 3 rings (SSSR count). The highest BCUT2D eigenvalue weighted by Gasteiger charge is 2.30. The fourth-order valence-electron chi connectivity index (χ4n) is 3.43. The first-order chi connectivity index (χ1) is 12.0. The second kappa shape index (κ2) is 7.40. The second-order valence-corrected chi connectivity index (χ2v) is 8.21. The van der Waals surface area contributed by atoms with E-state index >= 15 is 0 Å². The van der Waals surface area contributed by atoms with E-state index in [0.717, 1.165) is 24.8 Å². The standard InChI is InChI=1S/C20H24N2O2S/c1-16-10-9-11-17(2)22(16)20(18-12-5-3-6-13-18)21-25(23,24)19-14-7-4-8-15-19/h3-8,12-17H,9-11H2,1-2H3/t16-,17-/m0/s1. The molecule has 5 heteroatoms. The van der Waals surface area contributed by atoms with Crippen LogP contribution in [0.25, 0.3) is 0 Å². The van der Waals surface area contributed by atoms with Gasteiger partial charge in [0, 0.05) is 17.6 Å². The van der Waals surface area contributed by atoms with Gasteiger partial charge < -0.3 is 4.90 Å². The van der Waals surface area contributed by atoms with Crippen LogP contribution in [0.3, 0.4) is 0 Å². The Morgan fingerprint density at radius 2 is 1.44 bits per heavy atom. The molecule has 0 unspecified atom stereocenters. The minimum Gasteiger partial charge on any atom is -0.350 e. The van der Waals surface area contributed by atoms with Crippen LogP contribution >= 0.6 is 0 Å². The number of likely N-dealkylation sites (tertiary alicyclic amines) is 1. The Bertz CT molecular complexity index is 823. The van der Waals surface area contributed by atoms with Crippen molar-refractivity contribution in [2.24, 2.45) is 4.40 Å². The van der Waals surface area contributed by atoms with E-state index in [4.69, 9.17) is 0 Å². The molecule has 0 spiro atoms. The molecule has 132 valence electrons. The summed E-state index contributed by atoms with van der Waals surface area (Å²) in [5, 5.41) is 0. The number of nitrogens with zero attached hydrogens (tertiary/aromatic N) is 2. The third-order valence-electron chi connectivity index (χ3n) is 4.72. The molecule has 1 aliphatic rings. The van der Waals surface area contributed by atoms with Gasteiger partial charge in [0.15, 0.2) is 0 Å². The van der Waals surface area contributed by atoms with Crippen molar-refractivity contribution in [3.05, 3.63) is 66.2 Å². The van der Waals surface area contributed by atoms with Gasteiger partial charge in [-0.2, -0.15) is 8.42 Å². The molecule has 0 bridgehead atoms. The lowest BCUT2D eigenvalue weighted by Gasteiger charge is -2.41. The number of hydrogen-bond acceptors (Lipinski definition) is 2. The Balaban J connectivity index is 2.12. The predicted molar refractivity (Wildman–Crippen MR) is 101 cm³/mol.